The molecule has 258 valence electrons. The summed E-state index contributed by atoms with van der Waals surface area (Å²) < 4.78 is 17.8. The van der Waals surface area contributed by atoms with Crippen LogP contribution in [0.3, 0.4) is 0 Å². The molecule has 0 aliphatic heterocycles. The highest BCUT2D eigenvalue weighted by atomic mass is 16.6. The van der Waals surface area contributed by atoms with E-state index in [2.05, 4.69) is 43.3 Å². The van der Waals surface area contributed by atoms with Gasteiger partial charge >= 0.3 is 11.9 Å². The molecule has 0 spiro atoms. The van der Waals surface area contributed by atoms with Crippen LogP contribution in [0, 0.1) is 0 Å². The van der Waals surface area contributed by atoms with Gasteiger partial charge < -0.3 is 14.6 Å². The predicted molar refractivity (Wildman–Crippen MR) is 187 cm³/mol. The fraction of sp³-hybridized carbons (Fsp3) is 0.846. The van der Waals surface area contributed by atoms with Gasteiger partial charge in [-0.15, -0.1) is 0 Å². The summed E-state index contributed by atoms with van der Waals surface area (Å²) in [6.45, 7) is 4.36. The summed E-state index contributed by atoms with van der Waals surface area (Å²) in [6.07, 6.45) is 40.8. The lowest BCUT2D eigenvalue weighted by Crippen LogP contribution is -2.28. The predicted octanol–water partition coefficient (Wildman–Crippen LogP) is 11.5. The third-order valence-corrected chi connectivity index (χ3v) is 8.20. The topological polar surface area (TPSA) is 72.8 Å². The molecule has 1 atom stereocenters. The number of hydrogen-bond acceptors (Lipinski definition) is 5. The second kappa shape index (κ2) is 35.9. The largest absolute Gasteiger partial charge is 0.462 e. The maximum atomic E-state index is 12.2. The van der Waals surface area contributed by atoms with Crippen LogP contribution in [0.25, 0.3) is 0 Å². The second-order valence-corrected chi connectivity index (χ2v) is 12.6. The monoisotopic (exact) mass is 622 g/mol. The van der Waals surface area contributed by atoms with Crippen LogP contribution >= 0.6 is 0 Å². The number of aliphatic hydroxyl groups is 1. The second-order valence-electron chi connectivity index (χ2n) is 12.6. The summed E-state index contributed by atoms with van der Waals surface area (Å²) in [5.74, 6) is -0.598. The van der Waals surface area contributed by atoms with Crippen LogP contribution in [-0.4, -0.2) is 37.8 Å². The first kappa shape index (κ1) is 40.4. The maximum absolute atomic E-state index is 12.2. The number of esters is 2. The zero-order chi connectivity index (χ0) is 32.9. The van der Waals surface area contributed by atoms with Crippen molar-refractivity contribution in [3.8, 4) is 0 Å². The minimum Gasteiger partial charge on any atom is -0.462 e. The molecule has 5 nitrogen and oxygen atoms in total. The minimum atomic E-state index is -0.726. The lowest BCUT2D eigenvalue weighted by atomic mass is 10.1. The first-order chi connectivity index (χ1) is 22.1. The molecule has 44 heavy (non-hydrogen) atoms. The summed E-state index contributed by atoms with van der Waals surface area (Å²) in [7, 11) is 0. The third-order valence-electron chi connectivity index (χ3n) is 8.20. The molecule has 0 heterocycles. The standard InChI is InChI=1S/C39H72O5/c1-3-5-7-9-11-13-15-17-19-21-23-25-27-29-31-33-38(41)43-36-37(35-40)44-39(42)34-32-30-28-26-24-22-20-18-16-14-12-10-8-6-4-2/h17-20,37,40H,3-16,21-36H2,1-2H3/b19-17-,20-18-/t37-/m0/s1/i40D. The Labute approximate surface area is 274 Å². The van der Waals surface area contributed by atoms with Crippen LogP contribution in [0.15, 0.2) is 24.3 Å². The van der Waals surface area contributed by atoms with E-state index in [9.17, 15) is 9.59 Å². The van der Waals surface area contributed by atoms with E-state index in [1.807, 2.05) is 0 Å². The molecule has 0 radical (unpaired) electrons. The van der Waals surface area contributed by atoms with E-state index >= 15 is 0 Å². The Balaban J connectivity index is 3.68. The summed E-state index contributed by atoms with van der Waals surface area (Å²) >= 11 is 0. The lowest BCUT2D eigenvalue weighted by Gasteiger charge is -2.15. The molecule has 0 amide bonds. The number of carbonyl (C=O) groups is 2. The summed E-state index contributed by atoms with van der Waals surface area (Å²) in [4.78, 5) is 24.4. The van der Waals surface area contributed by atoms with Crippen molar-refractivity contribution in [1.82, 2.24) is 0 Å². The summed E-state index contributed by atoms with van der Waals surface area (Å²) in [5.41, 5.74) is 0. The van der Waals surface area contributed by atoms with Gasteiger partial charge in [0.05, 0.1) is 6.61 Å². The van der Waals surface area contributed by atoms with E-state index in [0.717, 1.165) is 51.4 Å². The molecule has 0 rings (SSSR count). The van der Waals surface area contributed by atoms with Gasteiger partial charge in [0, 0.05) is 12.8 Å². The van der Waals surface area contributed by atoms with Crippen molar-refractivity contribution in [3.63, 3.8) is 0 Å². The summed E-state index contributed by atoms with van der Waals surface area (Å²) in [6, 6.07) is 0. The number of unbranched alkanes of at least 4 members (excludes halogenated alkanes) is 22. The van der Waals surface area contributed by atoms with Gasteiger partial charge in [-0.1, -0.05) is 141 Å². The average molecular weight is 622 g/mol. The molecule has 5 heteroatoms. The van der Waals surface area contributed by atoms with Gasteiger partial charge in [-0.2, -0.15) is 0 Å². The number of rotatable bonds is 35. The molecule has 0 saturated heterocycles. The van der Waals surface area contributed by atoms with E-state index in [1.54, 1.807) is 0 Å². The van der Waals surface area contributed by atoms with Crippen molar-refractivity contribution in [2.75, 3.05) is 13.2 Å². The normalized spacial score (nSPS) is 12.6. The quantitative estimate of drug-likeness (QED) is 0.0433. The van der Waals surface area contributed by atoms with E-state index in [1.165, 1.54) is 116 Å². The van der Waals surface area contributed by atoms with Gasteiger partial charge in [-0.05, 0) is 64.2 Å². The van der Waals surface area contributed by atoms with E-state index < -0.39 is 6.10 Å². The Hall–Kier alpha value is -1.62. The molecule has 1 N–H and O–H groups in total. The minimum absolute atomic E-state index is 0.0547. The van der Waals surface area contributed by atoms with Gasteiger partial charge in [0.2, 0.25) is 1.43 Å². The van der Waals surface area contributed by atoms with Crippen molar-refractivity contribution in [1.29, 1.82) is 1.43 Å². The van der Waals surface area contributed by atoms with Crippen LogP contribution in [0.2, 0.25) is 0 Å². The number of allylic oxidation sites excluding steroid dienone is 4. The SMILES string of the molecule is [2H]OC[C@@H](COC(=O)CCCCCCC/C=C\CCCCCCCC)OC(=O)CCCCCCC/C=C\CCCCCCCC. The lowest BCUT2D eigenvalue weighted by molar-refractivity contribution is -0.161. The highest BCUT2D eigenvalue weighted by molar-refractivity contribution is 5.70. The van der Waals surface area contributed by atoms with Crippen molar-refractivity contribution in [2.45, 2.75) is 200 Å². The Kier molecular flexibility index (Phi) is 32.9. The first-order valence-corrected chi connectivity index (χ1v) is 18.9. The summed E-state index contributed by atoms with van der Waals surface area (Å²) in [5, 5.41) is 4.43. The van der Waals surface area contributed by atoms with E-state index in [0.29, 0.717) is 12.8 Å². The van der Waals surface area contributed by atoms with Crippen molar-refractivity contribution in [2.24, 2.45) is 0 Å². The van der Waals surface area contributed by atoms with Gasteiger partial charge in [-0.25, -0.2) is 0 Å². The molecule has 0 aliphatic carbocycles. The Morgan fingerprint density at radius 1 is 0.545 bits per heavy atom. The molecule has 0 fully saturated rings. The molecule has 0 aromatic heterocycles. The smallest absolute Gasteiger partial charge is 0.306 e. The third kappa shape index (κ3) is 33.3. The van der Waals surface area contributed by atoms with Gasteiger partial charge in [-0.3, -0.25) is 9.59 Å². The Morgan fingerprint density at radius 3 is 1.32 bits per heavy atom. The zero-order valence-corrected chi connectivity index (χ0v) is 29.1. The molecule has 0 bridgehead atoms. The van der Waals surface area contributed by atoms with Crippen molar-refractivity contribution in [3.05, 3.63) is 24.3 Å². The zero-order valence-electron chi connectivity index (χ0n) is 30.1. The van der Waals surface area contributed by atoms with E-state index in [4.69, 9.17) is 10.9 Å². The van der Waals surface area contributed by atoms with Crippen molar-refractivity contribution < 1.29 is 24.2 Å². The van der Waals surface area contributed by atoms with Gasteiger partial charge in [0.1, 0.15) is 6.61 Å². The van der Waals surface area contributed by atoms with Gasteiger partial charge in [0.15, 0.2) is 6.10 Å². The molecule has 0 aliphatic rings. The number of carbonyl (C=O) groups excluding carboxylic acids is 2. The molecule has 0 saturated carbocycles. The highest BCUT2D eigenvalue weighted by Crippen LogP contribution is 2.12. The Bertz CT molecular complexity index is 693. The molecular formula is C39H72O5. The molecule has 0 aromatic carbocycles. The maximum Gasteiger partial charge on any atom is 0.306 e. The number of hydrogen-bond donors (Lipinski definition) is 1. The van der Waals surface area contributed by atoms with Crippen LogP contribution in [0.1, 0.15) is 194 Å². The molecule has 0 unspecified atom stereocenters. The number of aliphatic hydroxyl groups excluding tert-OH is 1. The number of ether oxygens (including phenoxy) is 2. The molecular weight excluding hydrogens is 548 g/mol. The molecule has 0 aromatic rings. The highest BCUT2D eigenvalue weighted by Gasteiger charge is 2.16. The van der Waals surface area contributed by atoms with E-state index in [-0.39, 0.29) is 25.2 Å². The van der Waals surface area contributed by atoms with Crippen LogP contribution in [-0.2, 0) is 19.1 Å². The first-order valence-electron chi connectivity index (χ1n) is 19.3. The van der Waals surface area contributed by atoms with Gasteiger partial charge in [0.25, 0.3) is 0 Å². The fourth-order valence-corrected chi connectivity index (χ4v) is 5.30. The van der Waals surface area contributed by atoms with Crippen LogP contribution < -0.4 is 0 Å². The fourth-order valence-electron chi connectivity index (χ4n) is 5.30. The average Bonchev–Trinajstić information content (AvgIpc) is 3.03. The van der Waals surface area contributed by atoms with Crippen molar-refractivity contribution >= 4 is 11.9 Å². The van der Waals surface area contributed by atoms with Crippen LogP contribution in [0.5, 0.6) is 0 Å². The van der Waals surface area contributed by atoms with Crippen LogP contribution in [0.4, 0.5) is 0 Å². The Morgan fingerprint density at radius 2 is 0.909 bits per heavy atom.